The fraction of sp³-hybridized carbons (Fsp3) is 0.333. The number of carbonyl (C=O) groups excluding carboxylic acids is 2. The van der Waals surface area contributed by atoms with Crippen LogP contribution >= 0.6 is 11.6 Å². The molecule has 0 aliphatic carbocycles. The van der Waals surface area contributed by atoms with Crippen LogP contribution in [0.4, 0.5) is 0 Å². The van der Waals surface area contributed by atoms with Crippen LogP contribution in [-0.2, 0) is 16.1 Å². The Kier molecular flexibility index (Phi) is 6.90. The first-order chi connectivity index (χ1) is 13.5. The summed E-state index contributed by atoms with van der Waals surface area (Å²) in [5, 5.41) is 0.733. The molecule has 0 bridgehead atoms. The van der Waals surface area contributed by atoms with Crippen molar-refractivity contribution < 1.29 is 19.1 Å². The minimum atomic E-state index is -0.436. The molecule has 6 nitrogen and oxygen atoms in total. The molecule has 28 heavy (non-hydrogen) atoms. The summed E-state index contributed by atoms with van der Waals surface area (Å²) in [5.41, 5.74) is 1.60. The number of piperazine rings is 1. The lowest BCUT2D eigenvalue weighted by atomic mass is 10.2. The molecule has 2 aromatic carbocycles. The summed E-state index contributed by atoms with van der Waals surface area (Å²) in [5.74, 6) is -0.0270. The van der Waals surface area contributed by atoms with Crippen molar-refractivity contribution >= 4 is 23.5 Å². The normalized spacial score (nSPS) is 14.6. The van der Waals surface area contributed by atoms with E-state index in [4.69, 9.17) is 16.3 Å². The number of hydrogen-bond acceptors (Lipinski definition) is 5. The topological polar surface area (TPSA) is 59.1 Å². The van der Waals surface area contributed by atoms with Gasteiger partial charge in [0.2, 0.25) is 0 Å². The number of hydrogen-bond donors (Lipinski definition) is 0. The molecule has 1 saturated heterocycles. The van der Waals surface area contributed by atoms with Gasteiger partial charge < -0.3 is 14.4 Å². The summed E-state index contributed by atoms with van der Waals surface area (Å²) in [7, 11) is 1.33. The maximum atomic E-state index is 12.4. The number of halogens is 1. The number of benzene rings is 2. The van der Waals surface area contributed by atoms with Crippen molar-refractivity contribution in [2.24, 2.45) is 0 Å². The van der Waals surface area contributed by atoms with Gasteiger partial charge in [0.1, 0.15) is 5.75 Å². The van der Waals surface area contributed by atoms with E-state index in [-0.39, 0.29) is 12.5 Å². The zero-order chi connectivity index (χ0) is 19.9. The molecule has 0 atom stereocenters. The van der Waals surface area contributed by atoms with Gasteiger partial charge >= 0.3 is 5.97 Å². The fourth-order valence-electron chi connectivity index (χ4n) is 3.07. The first kappa shape index (κ1) is 20.2. The Morgan fingerprint density at radius 3 is 2.43 bits per heavy atom. The molecule has 0 aromatic heterocycles. The zero-order valence-electron chi connectivity index (χ0n) is 15.8. The first-order valence-corrected chi connectivity index (χ1v) is 9.48. The maximum Gasteiger partial charge on any atom is 0.337 e. The number of amides is 1. The second-order valence-electron chi connectivity index (χ2n) is 6.59. The Labute approximate surface area is 169 Å². The molecule has 148 valence electrons. The van der Waals surface area contributed by atoms with Crippen molar-refractivity contribution in [3.8, 4) is 5.75 Å². The van der Waals surface area contributed by atoms with E-state index < -0.39 is 5.97 Å². The predicted octanol–water partition coefficient (Wildman–Crippen LogP) is 2.85. The van der Waals surface area contributed by atoms with Crippen LogP contribution in [0.25, 0.3) is 0 Å². The van der Waals surface area contributed by atoms with Crippen molar-refractivity contribution in [2.45, 2.75) is 6.54 Å². The minimum absolute atomic E-state index is 0.0538. The van der Waals surface area contributed by atoms with Gasteiger partial charge in [-0.25, -0.2) is 4.79 Å². The zero-order valence-corrected chi connectivity index (χ0v) is 16.5. The highest BCUT2D eigenvalue weighted by atomic mass is 35.5. The summed E-state index contributed by atoms with van der Waals surface area (Å²) in [4.78, 5) is 28.1. The second kappa shape index (κ2) is 9.57. The quantitative estimate of drug-likeness (QED) is 0.695. The molecule has 1 heterocycles. The van der Waals surface area contributed by atoms with Crippen LogP contribution in [0.1, 0.15) is 15.9 Å². The molecule has 1 amide bonds. The fourth-order valence-corrected chi connectivity index (χ4v) is 3.20. The Hall–Kier alpha value is -2.57. The molecule has 0 radical (unpaired) electrons. The van der Waals surface area contributed by atoms with E-state index in [1.165, 1.54) is 12.7 Å². The van der Waals surface area contributed by atoms with E-state index in [9.17, 15) is 9.59 Å². The average molecular weight is 403 g/mol. The van der Waals surface area contributed by atoms with Crippen LogP contribution in [-0.4, -0.2) is 61.6 Å². The van der Waals surface area contributed by atoms with E-state index in [1.54, 1.807) is 24.3 Å². The third-order valence-corrected chi connectivity index (χ3v) is 4.91. The highest BCUT2D eigenvalue weighted by Crippen LogP contribution is 2.15. The number of carbonyl (C=O) groups is 2. The van der Waals surface area contributed by atoms with Crippen LogP contribution < -0.4 is 4.74 Å². The summed E-state index contributed by atoms with van der Waals surface area (Å²) in [6.45, 7) is 3.74. The van der Waals surface area contributed by atoms with Crippen molar-refractivity contribution in [2.75, 3.05) is 39.9 Å². The lowest BCUT2D eigenvalue weighted by molar-refractivity contribution is -0.135. The van der Waals surface area contributed by atoms with Crippen molar-refractivity contribution in [1.82, 2.24) is 9.80 Å². The highest BCUT2D eigenvalue weighted by molar-refractivity contribution is 6.30. The molecular formula is C21H23ClN2O4. The molecule has 1 fully saturated rings. The van der Waals surface area contributed by atoms with E-state index >= 15 is 0 Å². The number of esters is 1. The highest BCUT2D eigenvalue weighted by Gasteiger charge is 2.21. The minimum Gasteiger partial charge on any atom is -0.484 e. The standard InChI is InChI=1S/C21H23ClN2O4/c1-27-21(26)17-3-2-4-19(13-17)28-15-20(25)24-11-9-23(10-12-24)14-16-5-7-18(22)8-6-16/h2-8,13H,9-12,14-15H2,1H3. The first-order valence-electron chi connectivity index (χ1n) is 9.11. The van der Waals surface area contributed by atoms with E-state index in [1.807, 2.05) is 29.2 Å². The second-order valence-corrected chi connectivity index (χ2v) is 7.03. The van der Waals surface area contributed by atoms with E-state index in [0.29, 0.717) is 24.4 Å². The summed E-state index contributed by atoms with van der Waals surface area (Å²) in [6, 6.07) is 14.5. The number of methoxy groups -OCH3 is 1. The maximum absolute atomic E-state index is 12.4. The van der Waals surface area contributed by atoms with Gasteiger partial charge in [-0.1, -0.05) is 29.8 Å². The molecule has 1 aliphatic heterocycles. The lowest BCUT2D eigenvalue weighted by Crippen LogP contribution is -2.49. The van der Waals surface area contributed by atoms with Crippen LogP contribution in [0.15, 0.2) is 48.5 Å². The van der Waals surface area contributed by atoms with Crippen molar-refractivity contribution in [1.29, 1.82) is 0 Å². The lowest BCUT2D eigenvalue weighted by Gasteiger charge is -2.34. The van der Waals surface area contributed by atoms with Gasteiger partial charge in [0.15, 0.2) is 6.61 Å². The molecular weight excluding hydrogens is 380 g/mol. The third kappa shape index (κ3) is 5.47. The Bertz CT molecular complexity index is 817. The predicted molar refractivity (Wildman–Crippen MR) is 107 cm³/mol. The number of nitrogens with zero attached hydrogens (tertiary/aromatic N) is 2. The van der Waals surface area contributed by atoms with Crippen LogP contribution in [0, 0.1) is 0 Å². The largest absolute Gasteiger partial charge is 0.484 e. The van der Waals surface area contributed by atoms with Gasteiger partial charge in [-0.2, -0.15) is 0 Å². The smallest absolute Gasteiger partial charge is 0.337 e. The summed E-state index contributed by atoms with van der Waals surface area (Å²) < 4.78 is 10.3. The van der Waals surface area contributed by atoms with Gasteiger partial charge in [-0.15, -0.1) is 0 Å². The Morgan fingerprint density at radius 2 is 1.75 bits per heavy atom. The van der Waals surface area contributed by atoms with E-state index in [0.717, 1.165) is 24.7 Å². The molecule has 7 heteroatoms. The molecule has 0 N–H and O–H groups in total. The van der Waals surface area contributed by atoms with Gasteiger partial charge in [-0.05, 0) is 35.9 Å². The van der Waals surface area contributed by atoms with E-state index in [2.05, 4.69) is 9.64 Å². The van der Waals surface area contributed by atoms with Crippen molar-refractivity contribution in [3.05, 3.63) is 64.7 Å². The van der Waals surface area contributed by atoms with Crippen LogP contribution in [0.2, 0.25) is 5.02 Å². The molecule has 0 saturated carbocycles. The molecule has 2 aromatic rings. The van der Waals surface area contributed by atoms with Crippen LogP contribution in [0.3, 0.4) is 0 Å². The van der Waals surface area contributed by atoms with Gasteiger partial charge in [0, 0.05) is 37.7 Å². The molecule has 1 aliphatic rings. The van der Waals surface area contributed by atoms with Crippen molar-refractivity contribution in [3.63, 3.8) is 0 Å². The van der Waals surface area contributed by atoms with Gasteiger partial charge in [0.05, 0.1) is 12.7 Å². The summed E-state index contributed by atoms with van der Waals surface area (Å²) >= 11 is 5.92. The third-order valence-electron chi connectivity index (χ3n) is 4.66. The Balaban J connectivity index is 1.45. The SMILES string of the molecule is COC(=O)c1cccc(OCC(=O)N2CCN(Cc3ccc(Cl)cc3)CC2)c1. The van der Waals surface area contributed by atoms with Gasteiger partial charge in [-0.3, -0.25) is 9.69 Å². The molecule has 0 spiro atoms. The summed E-state index contributed by atoms with van der Waals surface area (Å²) in [6.07, 6.45) is 0. The molecule has 0 unspecified atom stereocenters. The number of rotatable bonds is 6. The Morgan fingerprint density at radius 1 is 1.04 bits per heavy atom. The average Bonchev–Trinajstić information content (AvgIpc) is 2.74. The van der Waals surface area contributed by atoms with Gasteiger partial charge in [0.25, 0.3) is 5.91 Å². The monoisotopic (exact) mass is 402 g/mol. The number of ether oxygens (including phenoxy) is 2. The molecule has 3 rings (SSSR count). The van der Waals surface area contributed by atoms with Crippen LogP contribution in [0.5, 0.6) is 5.75 Å².